The quantitative estimate of drug-likeness (QED) is 0.600. The van der Waals surface area contributed by atoms with Crippen molar-refractivity contribution in [3.8, 4) is 0 Å². The van der Waals surface area contributed by atoms with E-state index in [0.717, 1.165) is 16.6 Å². The third kappa shape index (κ3) is 3.94. The van der Waals surface area contributed by atoms with Gasteiger partial charge in [-0.1, -0.05) is 18.2 Å². The molecule has 0 aliphatic carbocycles. The molecule has 2 aliphatic heterocycles. The minimum atomic E-state index is -2.78. The molecule has 1 aromatic rings. The fourth-order valence-electron chi connectivity index (χ4n) is 3.27. The fraction of sp³-hybridized carbons (Fsp3) is 0.550. The smallest absolute Gasteiger partial charge is 0.399 e. The molecule has 2 aliphatic rings. The number of carbonyl (C=O) groups excluding carboxylic acids is 1. The number of likely N-dealkylation sites (tertiary alicyclic amines) is 1. The van der Waals surface area contributed by atoms with Gasteiger partial charge in [-0.05, 0) is 57.3 Å². The normalized spacial score (nSPS) is 23.4. The number of hydrogen-bond donors (Lipinski definition) is 0. The Morgan fingerprint density at radius 3 is 2.37 bits per heavy atom. The monoisotopic (exact) mass is 377 g/mol. The molecule has 0 aromatic heterocycles. The Morgan fingerprint density at radius 2 is 1.81 bits per heavy atom. The largest absolute Gasteiger partial charge is 0.495 e. The summed E-state index contributed by atoms with van der Waals surface area (Å²) in [6, 6.07) is 5.70. The molecular weight excluding hydrogens is 351 g/mol. The Hall–Kier alpha value is -1.73. The standard InChI is InChI=1S/C20H26BF2NO3/c1-14-15(9-10-17(25)24-12-11-20(22,23)13-24)7-6-8-16(14)21-26-18(2,3)19(4,5)27-21/h6-10H,11-13H2,1-5H3/b10-9+. The first-order valence-corrected chi connectivity index (χ1v) is 9.22. The first-order chi connectivity index (χ1) is 12.4. The van der Waals surface area contributed by atoms with E-state index in [9.17, 15) is 13.6 Å². The lowest BCUT2D eigenvalue weighted by Crippen LogP contribution is -2.41. The van der Waals surface area contributed by atoms with Crippen LogP contribution in [0.2, 0.25) is 0 Å². The maximum Gasteiger partial charge on any atom is 0.495 e. The molecule has 0 saturated carbocycles. The van der Waals surface area contributed by atoms with E-state index in [1.807, 2.05) is 52.8 Å². The molecule has 0 radical (unpaired) electrons. The van der Waals surface area contributed by atoms with Crippen molar-refractivity contribution in [3.63, 3.8) is 0 Å². The maximum absolute atomic E-state index is 13.3. The summed E-state index contributed by atoms with van der Waals surface area (Å²) in [5, 5.41) is 0. The van der Waals surface area contributed by atoms with Crippen molar-refractivity contribution in [1.29, 1.82) is 0 Å². The summed E-state index contributed by atoms with van der Waals surface area (Å²) in [5.41, 5.74) is 1.80. The van der Waals surface area contributed by atoms with Crippen molar-refractivity contribution in [2.45, 2.75) is 58.2 Å². The summed E-state index contributed by atoms with van der Waals surface area (Å²) in [4.78, 5) is 13.4. The van der Waals surface area contributed by atoms with Crippen LogP contribution < -0.4 is 5.46 Å². The summed E-state index contributed by atoms with van der Waals surface area (Å²) in [5.74, 6) is -3.18. The Morgan fingerprint density at radius 1 is 1.19 bits per heavy atom. The number of hydrogen-bond acceptors (Lipinski definition) is 3. The zero-order chi connectivity index (χ0) is 20.0. The predicted molar refractivity (Wildman–Crippen MR) is 102 cm³/mol. The van der Waals surface area contributed by atoms with Crippen LogP contribution in [0.4, 0.5) is 8.78 Å². The Balaban J connectivity index is 1.77. The molecule has 0 atom stereocenters. The molecule has 3 rings (SSSR count). The average molecular weight is 377 g/mol. The van der Waals surface area contributed by atoms with E-state index in [0.29, 0.717) is 0 Å². The van der Waals surface area contributed by atoms with E-state index in [-0.39, 0.29) is 13.0 Å². The van der Waals surface area contributed by atoms with Crippen LogP contribution >= 0.6 is 0 Å². The van der Waals surface area contributed by atoms with Crippen molar-refractivity contribution in [2.24, 2.45) is 0 Å². The van der Waals surface area contributed by atoms with Crippen molar-refractivity contribution in [1.82, 2.24) is 4.90 Å². The van der Waals surface area contributed by atoms with Gasteiger partial charge in [0.25, 0.3) is 5.92 Å². The SMILES string of the molecule is Cc1c(/C=C/C(=O)N2CCC(F)(F)C2)cccc1B1OC(C)(C)C(C)(C)O1. The second-order valence-corrected chi connectivity index (χ2v) is 8.35. The van der Waals surface area contributed by atoms with Gasteiger partial charge in [0.2, 0.25) is 5.91 Å². The molecule has 0 bridgehead atoms. The topological polar surface area (TPSA) is 38.8 Å². The summed E-state index contributed by atoms with van der Waals surface area (Å²) < 4.78 is 38.8. The van der Waals surface area contributed by atoms with Crippen LogP contribution in [0.5, 0.6) is 0 Å². The highest BCUT2D eigenvalue weighted by Gasteiger charge is 2.52. The number of benzene rings is 1. The minimum absolute atomic E-state index is 0.0864. The number of nitrogens with zero attached hydrogens (tertiary/aromatic N) is 1. The van der Waals surface area contributed by atoms with Gasteiger partial charge < -0.3 is 14.2 Å². The van der Waals surface area contributed by atoms with Gasteiger partial charge in [-0.2, -0.15) is 0 Å². The van der Waals surface area contributed by atoms with Gasteiger partial charge >= 0.3 is 7.12 Å². The van der Waals surface area contributed by atoms with E-state index in [1.54, 1.807) is 6.08 Å². The molecule has 2 fully saturated rings. The predicted octanol–water partition coefficient (Wildman–Crippen LogP) is 3.18. The molecule has 0 N–H and O–H groups in total. The van der Waals surface area contributed by atoms with Gasteiger partial charge in [0.1, 0.15) is 0 Å². The van der Waals surface area contributed by atoms with Crippen molar-refractivity contribution >= 4 is 24.6 Å². The van der Waals surface area contributed by atoms with Gasteiger partial charge in [-0.15, -0.1) is 0 Å². The maximum atomic E-state index is 13.3. The highest BCUT2D eigenvalue weighted by Crippen LogP contribution is 2.36. The third-order valence-electron chi connectivity index (χ3n) is 5.81. The fourth-order valence-corrected chi connectivity index (χ4v) is 3.27. The summed E-state index contributed by atoms with van der Waals surface area (Å²) >= 11 is 0. The highest BCUT2D eigenvalue weighted by atomic mass is 19.3. The second-order valence-electron chi connectivity index (χ2n) is 8.35. The molecular formula is C20H26BF2NO3. The minimum Gasteiger partial charge on any atom is -0.399 e. The van der Waals surface area contributed by atoms with Gasteiger partial charge in [0, 0.05) is 19.0 Å². The van der Waals surface area contributed by atoms with Crippen molar-refractivity contribution in [2.75, 3.05) is 13.1 Å². The second kappa shape index (κ2) is 6.71. The van der Waals surface area contributed by atoms with Gasteiger partial charge in [-0.3, -0.25) is 4.79 Å². The van der Waals surface area contributed by atoms with E-state index in [2.05, 4.69) is 0 Å². The summed E-state index contributed by atoms with van der Waals surface area (Å²) in [6.45, 7) is 9.50. The Kier molecular flexibility index (Phi) is 4.97. The van der Waals surface area contributed by atoms with Crippen LogP contribution in [0.3, 0.4) is 0 Å². The molecule has 1 amide bonds. The number of amides is 1. The van der Waals surface area contributed by atoms with Crippen LogP contribution in [-0.4, -0.2) is 48.1 Å². The summed E-state index contributed by atoms with van der Waals surface area (Å²) in [7, 11) is -0.490. The summed E-state index contributed by atoms with van der Waals surface area (Å²) in [6.07, 6.45) is 2.75. The lowest BCUT2D eigenvalue weighted by molar-refractivity contribution is -0.126. The Bertz CT molecular complexity index is 760. The van der Waals surface area contributed by atoms with E-state index in [1.165, 1.54) is 11.0 Å². The molecule has 0 spiro atoms. The molecule has 0 unspecified atom stereocenters. The van der Waals surface area contributed by atoms with Crippen LogP contribution in [0.25, 0.3) is 6.08 Å². The zero-order valence-corrected chi connectivity index (χ0v) is 16.5. The van der Waals surface area contributed by atoms with E-state index >= 15 is 0 Å². The van der Waals surface area contributed by atoms with Crippen LogP contribution in [0.15, 0.2) is 24.3 Å². The average Bonchev–Trinajstić information content (AvgIpc) is 3.02. The molecule has 27 heavy (non-hydrogen) atoms. The van der Waals surface area contributed by atoms with Gasteiger partial charge in [-0.25, -0.2) is 8.78 Å². The molecule has 1 aromatic carbocycles. The number of carbonyl (C=O) groups is 1. The molecule has 2 saturated heterocycles. The van der Waals surface area contributed by atoms with Crippen molar-refractivity contribution < 1.29 is 22.9 Å². The van der Waals surface area contributed by atoms with Crippen LogP contribution in [-0.2, 0) is 14.1 Å². The van der Waals surface area contributed by atoms with Gasteiger partial charge in [0.05, 0.1) is 17.7 Å². The van der Waals surface area contributed by atoms with Gasteiger partial charge in [0.15, 0.2) is 0 Å². The first-order valence-electron chi connectivity index (χ1n) is 9.22. The number of alkyl halides is 2. The van der Waals surface area contributed by atoms with Crippen LogP contribution in [0.1, 0.15) is 45.2 Å². The molecule has 2 heterocycles. The number of rotatable bonds is 3. The lowest BCUT2D eigenvalue weighted by atomic mass is 9.75. The lowest BCUT2D eigenvalue weighted by Gasteiger charge is -2.32. The van der Waals surface area contributed by atoms with E-state index in [4.69, 9.17) is 9.31 Å². The van der Waals surface area contributed by atoms with Crippen molar-refractivity contribution in [3.05, 3.63) is 35.4 Å². The van der Waals surface area contributed by atoms with E-state index < -0.39 is 36.7 Å². The Labute approximate surface area is 159 Å². The number of halogens is 2. The zero-order valence-electron chi connectivity index (χ0n) is 16.5. The molecule has 7 heteroatoms. The third-order valence-corrected chi connectivity index (χ3v) is 5.81. The highest BCUT2D eigenvalue weighted by molar-refractivity contribution is 6.62. The van der Waals surface area contributed by atoms with Crippen LogP contribution in [0, 0.1) is 6.92 Å². The first kappa shape index (κ1) is 20.0. The molecule has 146 valence electrons. The molecule has 4 nitrogen and oxygen atoms in total.